The number of hydrogen-bond acceptors (Lipinski definition) is 5. The van der Waals surface area contributed by atoms with Gasteiger partial charge in [0.2, 0.25) is 0 Å². The molecular formula is C21H31Cl2N3O2. The summed E-state index contributed by atoms with van der Waals surface area (Å²) < 4.78 is 5.53. The highest BCUT2D eigenvalue weighted by Crippen LogP contribution is 2.38. The van der Waals surface area contributed by atoms with Crippen molar-refractivity contribution in [1.82, 2.24) is 4.98 Å². The smallest absolute Gasteiger partial charge is 0.308 e. The second-order valence-corrected chi connectivity index (χ2v) is 7.76. The number of esters is 1. The molecule has 0 aliphatic heterocycles. The van der Waals surface area contributed by atoms with Crippen molar-refractivity contribution in [2.75, 3.05) is 0 Å². The van der Waals surface area contributed by atoms with E-state index in [1.807, 2.05) is 31.2 Å². The standard InChI is InChI=1S/C21H29N3O2.2ClH/c1-13-20(26-14(2)25)19(16-8-6-15(11-22)7-9-16)17(12-23)18(24-13)10-21(3,4)5;;/h6-9H,10-12,22-23H2,1-5H3;2*1H. The lowest BCUT2D eigenvalue weighted by molar-refractivity contribution is -0.131. The molecule has 0 unspecified atom stereocenters. The Balaban J connectivity index is 0.00000364. The van der Waals surface area contributed by atoms with Crippen molar-refractivity contribution >= 4 is 30.8 Å². The van der Waals surface area contributed by atoms with Gasteiger partial charge in [0.05, 0.1) is 5.69 Å². The molecule has 4 N–H and O–H groups in total. The number of ether oxygens (including phenoxy) is 1. The maximum absolute atomic E-state index is 11.7. The highest BCUT2D eigenvalue weighted by Gasteiger charge is 2.23. The van der Waals surface area contributed by atoms with E-state index in [-0.39, 0.29) is 36.2 Å². The topological polar surface area (TPSA) is 91.2 Å². The molecule has 28 heavy (non-hydrogen) atoms. The molecule has 1 aromatic heterocycles. The minimum atomic E-state index is -0.374. The molecular weight excluding hydrogens is 397 g/mol. The molecule has 0 aliphatic rings. The van der Waals surface area contributed by atoms with Gasteiger partial charge in [-0.05, 0) is 35.4 Å². The van der Waals surface area contributed by atoms with Crippen molar-refractivity contribution in [3.8, 4) is 16.9 Å². The second kappa shape index (κ2) is 10.8. The van der Waals surface area contributed by atoms with Gasteiger partial charge in [-0.3, -0.25) is 9.78 Å². The summed E-state index contributed by atoms with van der Waals surface area (Å²) in [6, 6.07) is 7.94. The maximum atomic E-state index is 11.7. The van der Waals surface area contributed by atoms with Crippen molar-refractivity contribution in [1.29, 1.82) is 0 Å². The van der Waals surface area contributed by atoms with E-state index in [9.17, 15) is 4.79 Å². The van der Waals surface area contributed by atoms with Crippen LogP contribution in [0.4, 0.5) is 0 Å². The Hall–Kier alpha value is -1.66. The minimum Gasteiger partial charge on any atom is -0.424 e. The Morgan fingerprint density at radius 3 is 2.07 bits per heavy atom. The van der Waals surface area contributed by atoms with Crippen LogP contribution in [0.3, 0.4) is 0 Å². The summed E-state index contributed by atoms with van der Waals surface area (Å²) in [6.45, 7) is 10.6. The molecule has 0 amide bonds. The molecule has 0 bridgehead atoms. The van der Waals surface area contributed by atoms with Crippen LogP contribution in [0.15, 0.2) is 24.3 Å². The first-order chi connectivity index (χ1) is 12.2. The first-order valence-electron chi connectivity index (χ1n) is 8.86. The number of carbonyl (C=O) groups excluding carboxylic acids is 1. The number of rotatable bonds is 5. The summed E-state index contributed by atoms with van der Waals surface area (Å²) in [4.78, 5) is 16.4. The molecule has 2 aromatic rings. The molecule has 1 aromatic carbocycles. The van der Waals surface area contributed by atoms with Crippen molar-refractivity contribution in [3.63, 3.8) is 0 Å². The summed E-state index contributed by atoms with van der Waals surface area (Å²) in [5.41, 5.74) is 17.3. The Kier molecular flexibility index (Phi) is 10.1. The van der Waals surface area contributed by atoms with Gasteiger partial charge in [0.1, 0.15) is 0 Å². The number of nitrogens with zero attached hydrogens (tertiary/aromatic N) is 1. The minimum absolute atomic E-state index is 0. The Morgan fingerprint density at radius 1 is 1.07 bits per heavy atom. The number of aromatic nitrogens is 1. The van der Waals surface area contributed by atoms with E-state index >= 15 is 0 Å². The van der Waals surface area contributed by atoms with Crippen molar-refractivity contribution in [3.05, 3.63) is 46.8 Å². The quantitative estimate of drug-likeness (QED) is 0.692. The van der Waals surface area contributed by atoms with Gasteiger partial charge in [-0.25, -0.2) is 0 Å². The molecule has 0 spiro atoms. The molecule has 0 radical (unpaired) electrons. The van der Waals surface area contributed by atoms with Crippen LogP contribution in [0.5, 0.6) is 5.75 Å². The summed E-state index contributed by atoms with van der Waals surface area (Å²) in [6.07, 6.45) is 0.786. The van der Waals surface area contributed by atoms with Crippen LogP contribution in [-0.2, 0) is 24.3 Å². The molecule has 0 saturated carbocycles. The predicted molar refractivity (Wildman–Crippen MR) is 119 cm³/mol. The fourth-order valence-electron chi connectivity index (χ4n) is 3.03. The van der Waals surface area contributed by atoms with Crippen molar-refractivity contribution in [2.45, 2.75) is 54.1 Å². The Bertz CT molecular complexity index is 801. The predicted octanol–water partition coefficient (Wildman–Crippen LogP) is 4.33. The number of halogens is 2. The van der Waals surface area contributed by atoms with E-state index in [1.165, 1.54) is 6.92 Å². The van der Waals surface area contributed by atoms with E-state index < -0.39 is 0 Å². The summed E-state index contributed by atoms with van der Waals surface area (Å²) in [7, 11) is 0. The highest BCUT2D eigenvalue weighted by molar-refractivity contribution is 5.85. The third kappa shape index (κ3) is 6.45. The van der Waals surface area contributed by atoms with Crippen LogP contribution in [0, 0.1) is 12.3 Å². The SMILES string of the molecule is CC(=O)Oc1c(C)nc(CC(C)(C)C)c(CN)c1-c1ccc(CN)cc1.Cl.Cl. The van der Waals surface area contributed by atoms with Crippen LogP contribution in [-0.4, -0.2) is 11.0 Å². The molecule has 0 atom stereocenters. The average Bonchev–Trinajstić information content (AvgIpc) is 2.55. The molecule has 0 saturated heterocycles. The van der Waals surface area contributed by atoms with E-state index in [2.05, 4.69) is 20.8 Å². The molecule has 2 rings (SSSR count). The first kappa shape index (κ1) is 26.3. The van der Waals surface area contributed by atoms with Crippen molar-refractivity contribution in [2.24, 2.45) is 16.9 Å². The number of benzene rings is 1. The van der Waals surface area contributed by atoms with Gasteiger partial charge < -0.3 is 16.2 Å². The second-order valence-electron chi connectivity index (χ2n) is 7.76. The Labute approximate surface area is 180 Å². The summed E-state index contributed by atoms with van der Waals surface area (Å²) >= 11 is 0. The lowest BCUT2D eigenvalue weighted by atomic mass is 9.86. The highest BCUT2D eigenvalue weighted by atomic mass is 35.5. The third-order valence-electron chi connectivity index (χ3n) is 4.13. The van der Waals surface area contributed by atoms with Gasteiger partial charge in [0.25, 0.3) is 0 Å². The molecule has 1 heterocycles. The zero-order chi connectivity index (χ0) is 19.5. The molecule has 7 heteroatoms. The number of aryl methyl sites for hydroxylation is 1. The van der Waals surface area contributed by atoms with E-state index in [0.717, 1.165) is 34.4 Å². The van der Waals surface area contributed by atoms with Gasteiger partial charge >= 0.3 is 5.97 Å². The van der Waals surface area contributed by atoms with Crippen LogP contribution in [0.2, 0.25) is 0 Å². The fourth-order valence-corrected chi connectivity index (χ4v) is 3.03. The zero-order valence-corrected chi connectivity index (χ0v) is 18.8. The lowest BCUT2D eigenvalue weighted by Crippen LogP contribution is -2.17. The fraction of sp³-hybridized carbons (Fsp3) is 0.429. The zero-order valence-electron chi connectivity index (χ0n) is 17.2. The molecule has 5 nitrogen and oxygen atoms in total. The maximum Gasteiger partial charge on any atom is 0.308 e. The Morgan fingerprint density at radius 2 is 1.64 bits per heavy atom. The van der Waals surface area contributed by atoms with Crippen LogP contribution in [0.25, 0.3) is 11.1 Å². The largest absolute Gasteiger partial charge is 0.424 e. The first-order valence-corrected chi connectivity index (χ1v) is 8.86. The summed E-state index contributed by atoms with van der Waals surface area (Å²) in [5, 5.41) is 0. The van der Waals surface area contributed by atoms with Gasteiger partial charge in [0.15, 0.2) is 5.75 Å². The number of carbonyl (C=O) groups is 1. The van der Waals surface area contributed by atoms with E-state index in [0.29, 0.717) is 24.5 Å². The molecule has 156 valence electrons. The summed E-state index contributed by atoms with van der Waals surface area (Å²) in [5.74, 6) is 0.109. The number of hydrogen-bond donors (Lipinski definition) is 2. The van der Waals surface area contributed by atoms with Crippen LogP contribution < -0.4 is 16.2 Å². The number of pyridine rings is 1. The average molecular weight is 428 g/mol. The normalized spacial score (nSPS) is 10.7. The van der Waals surface area contributed by atoms with Gasteiger partial charge in [0, 0.05) is 31.3 Å². The van der Waals surface area contributed by atoms with E-state index in [1.54, 1.807) is 0 Å². The van der Waals surface area contributed by atoms with E-state index in [4.69, 9.17) is 21.2 Å². The van der Waals surface area contributed by atoms with Gasteiger partial charge in [-0.15, -0.1) is 24.8 Å². The van der Waals surface area contributed by atoms with Crippen LogP contribution >= 0.6 is 24.8 Å². The van der Waals surface area contributed by atoms with Gasteiger partial charge in [-0.2, -0.15) is 0 Å². The van der Waals surface area contributed by atoms with Crippen molar-refractivity contribution < 1.29 is 9.53 Å². The van der Waals surface area contributed by atoms with Crippen LogP contribution in [0.1, 0.15) is 50.2 Å². The molecule has 0 aliphatic carbocycles. The number of nitrogens with two attached hydrogens (primary N) is 2. The lowest BCUT2D eigenvalue weighted by Gasteiger charge is -2.23. The monoisotopic (exact) mass is 427 g/mol. The third-order valence-corrected chi connectivity index (χ3v) is 4.13. The van der Waals surface area contributed by atoms with Gasteiger partial charge in [-0.1, -0.05) is 45.0 Å². The molecule has 0 fully saturated rings.